The molecule has 0 aromatic heterocycles. The summed E-state index contributed by atoms with van der Waals surface area (Å²) in [7, 11) is 1.54. The Hall–Kier alpha value is -2.99. The molecule has 146 valence electrons. The van der Waals surface area contributed by atoms with Gasteiger partial charge >= 0.3 is 0 Å². The maximum absolute atomic E-state index is 14.4. The Morgan fingerprint density at radius 2 is 1.96 bits per heavy atom. The lowest BCUT2D eigenvalue weighted by molar-refractivity contribution is -0.129. The second-order valence-electron chi connectivity index (χ2n) is 6.65. The standard InChI is InChI=1S/C22H23FN2O3/c1-28-12-10-21(26)24-19-8-7-17-9-11-25(15-18(17)14-19)22(27)20(23)13-16-5-3-2-4-6-16/h2-8,13-14H,9-12,15H2,1H3,(H,24,26)/b20-13-. The Bertz CT molecular complexity index is 881. The first kappa shape index (κ1) is 19.8. The molecule has 5 nitrogen and oxygen atoms in total. The van der Waals surface area contributed by atoms with Crippen molar-refractivity contribution in [3.05, 3.63) is 71.0 Å². The van der Waals surface area contributed by atoms with Crippen LogP contribution in [0.4, 0.5) is 10.1 Å². The molecular formula is C22H23FN2O3. The van der Waals surface area contributed by atoms with Crippen molar-refractivity contribution in [3.63, 3.8) is 0 Å². The zero-order valence-electron chi connectivity index (χ0n) is 15.8. The average Bonchev–Trinajstić information content (AvgIpc) is 2.72. The van der Waals surface area contributed by atoms with E-state index in [4.69, 9.17) is 4.74 Å². The van der Waals surface area contributed by atoms with Crippen LogP contribution in [0.25, 0.3) is 6.08 Å². The number of fused-ring (bicyclic) bond motifs is 1. The van der Waals surface area contributed by atoms with Crippen LogP contribution in [0.2, 0.25) is 0 Å². The average molecular weight is 382 g/mol. The largest absolute Gasteiger partial charge is 0.384 e. The molecule has 1 aliphatic heterocycles. The van der Waals surface area contributed by atoms with E-state index in [2.05, 4.69) is 5.32 Å². The maximum Gasteiger partial charge on any atom is 0.282 e. The van der Waals surface area contributed by atoms with Crippen LogP contribution in [-0.4, -0.2) is 37.0 Å². The molecule has 0 atom stereocenters. The van der Waals surface area contributed by atoms with Gasteiger partial charge < -0.3 is 15.0 Å². The zero-order valence-corrected chi connectivity index (χ0v) is 15.8. The minimum atomic E-state index is -0.779. The molecule has 2 aromatic carbocycles. The lowest BCUT2D eigenvalue weighted by Crippen LogP contribution is -2.36. The molecule has 6 heteroatoms. The molecule has 0 bridgehead atoms. The monoisotopic (exact) mass is 382 g/mol. The summed E-state index contributed by atoms with van der Waals surface area (Å²) in [5, 5.41) is 2.82. The number of hydrogen-bond acceptors (Lipinski definition) is 3. The van der Waals surface area contributed by atoms with Crippen LogP contribution in [0.15, 0.2) is 54.4 Å². The zero-order chi connectivity index (χ0) is 19.9. The minimum Gasteiger partial charge on any atom is -0.384 e. The van der Waals surface area contributed by atoms with E-state index in [9.17, 15) is 14.0 Å². The van der Waals surface area contributed by atoms with E-state index < -0.39 is 11.7 Å². The van der Waals surface area contributed by atoms with Crippen LogP contribution in [0, 0.1) is 0 Å². The molecule has 2 aromatic rings. The molecule has 0 saturated heterocycles. The van der Waals surface area contributed by atoms with Crippen molar-refractivity contribution in [3.8, 4) is 0 Å². The second-order valence-corrected chi connectivity index (χ2v) is 6.65. The molecule has 2 amide bonds. The maximum atomic E-state index is 14.4. The van der Waals surface area contributed by atoms with Crippen molar-refractivity contribution in [1.82, 2.24) is 4.90 Å². The molecule has 0 radical (unpaired) electrons. The highest BCUT2D eigenvalue weighted by molar-refractivity contribution is 5.95. The lowest BCUT2D eigenvalue weighted by Gasteiger charge is -2.28. The number of nitrogens with zero attached hydrogens (tertiary/aromatic N) is 1. The normalized spacial score (nSPS) is 13.8. The summed E-state index contributed by atoms with van der Waals surface area (Å²) in [6.45, 7) is 1.12. The van der Waals surface area contributed by atoms with Gasteiger partial charge in [0, 0.05) is 25.9 Å². The number of amides is 2. The third kappa shape index (κ3) is 5.04. The molecule has 0 unspecified atom stereocenters. The number of nitrogens with one attached hydrogen (secondary N) is 1. The van der Waals surface area contributed by atoms with Crippen LogP contribution < -0.4 is 5.32 Å². The molecule has 3 rings (SSSR count). The molecule has 0 saturated carbocycles. The van der Waals surface area contributed by atoms with Gasteiger partial charge in [0.15, 0.2) is 5.83 Å². The Labute approximate surface area is 163 Å². The summed E-state index contributed by atoms with van der Waals surface area (Å²) in [6, 6.07) is 14.6. The van der Waals surface area contributed by atoms with Gasteiger partial charge in [-0.25, -0.2) is 4.39 Å². The van der Waals surface area contributed by atoms with Gasteiger partial charge in [-0.05, 0) is 41.3 Å². The molecule has 0 aliphatic carbocycles. The third-order valence-corrected chi connectivity index (χ3v) is 4.62. The van der Waals surface area contributed by atoms with E-state index in [1.807, 2.05) is 24.3 Å². The van der Waals surface area contributed by atoms with Gasteiger partial charge in [-0.15, -0.1) is 0 Å². The van der Waals surface area contributed by atoms with E-state index in [0.717, 1.165) is 11.1 Å². The summed E-state index contributed by atoms with van der Waals surface area (Å²) in [6.07, 6.45) is 2.18. The predicted molar refractivity (Wildman–Crippen MR) is 106 cm³/mol. The fourth-order valence-corrected chi connectivity index (χ4v) is 3.13. The second kappa shape index (κ2) is 9.28. The first-order chi connectivity index (χ1) is 13.6. The topological polar surface area (TPSA) is 58.6 Å². The Morgan fingerprint density at radius 1 is 1.18 bits per heavy atom. The molecule has 1 aliphatic rings. The van der Waals surface area contributed by atoms with Gasteiger partial charge in [0.1, 0.15) is 0 Å². The number of hydrogen-bond donors (Lipinski definition) is 1. The molecule has 0 spiro atoms. The molecule has 28 heavy (non-hydrogen) atoms. The highest BCUT2D eigenvalue weighted by Crippen LogP contribution is 2.24. The molecule has 1 N–H and O–H groups in total. The summed E-state index contributed by atoms with van der Waals surface area (Å²) >= 11 is 0. The van der Waals surface area contributed by atoms with E-state index in [1.165, 1.54) is 11.0 Å². The highest BCUT2D eigenvalue weighted by atomic mass is 19.1. The van der Waals surface area contributed by atoms with Crippen molar-refractivity contribution in [2.24, 2.45) is 0 Å². The first-order valence-electron chi connectivity index (χ1n) is 9.19. The van der Waals surface area contributed by atoms with Gasteiger partial charge in [-0.2, -0.15) is 0 Å². The Kier molecular flexibility index (Phi) is 6.55. The van der Waals surface area contributed by atoms with Crippen molar-refractivity contribution >= 4 is 23.6 Å². The number of rotatable bonds is 6. The molecule has 1 heterocycles. The third-order valence-electron chi connectivity index (χ3n) is 4.62. The number of methoxy groups -OCH3 is 1. The molecule has 0 fully saturated rings. The van der Waals surface area contributed by atoms with Crippen LogP contribution in [0.1, 0.15) is 23.1 Å². The van der Waals surface area contributed by atoms with Crippen molar-refractivity contribution in [2.45, 2.75) is 19.4 Å². The number of carbonyl (C=O) groups excluding carboxylic acids is 2. The van der Waals surface area contributed by atoms with Crippen LogP contribution in [-0.2, 0) is 27.3 Å². The predicted octanol–water partition coefficient (Wildman–Crippen LogP) is 3.56. The van der Waals surface area contributed by atoms with Gasteiger partial charge in [-0.1, -0.05) is 36.4 Å². The van der Waals surface area contributed by atoms with Crippen LogP contribution in [0.3, 0.4) is 0 Å². The smallest absolute Gasteiger partial charge is 0.282 e. The lowest BCUT2D eigenvalue weighted by atomic mass is 9.98. The van der Waals surface area contributed by atoms with E-state index in [0.29, 0.717) is 37.4 Å². The summed E-state index contributed by atoms with van der Waals surface area (Å²) in [5.41, 5.74) is 3.32. The fourth-order valence-electron chi connectivity index (χ4n) is 3.13. The fraction of sp³-hybridized carbons (Fsp3) is 0.273. The first-order valence-corrected chi connectivity index (χ1v) is 9.19. The van der Waals surface area contributed by atoms with Gasteiger partial charge in [0.05, 0.1) is 13.0 Å². The van der Waals surface area contributed by atoms with Gasteiger partial charge in [-0.3, -0.25) is 9.59 Å². The van der Waals surface area contributed by atoms with E-state index in [1.54, 1.807) is 31.4 Å². The Morgan fingerprint density at radius 3 is 2.71 bits per heavy atom. The van der Waals surface area contributed by atoms with Crippen molar-refractivity contribution in [1.29, 1.82) is 0 Å². The van der Waals surface area contributed by atoms with Crippen molar-refractivity contribution in [2.75, 3.05) is 25.6 Å². The van der Waals surface area contributed by atoms with Crippen LogP contribution in [0.5, 0.6) is 0 Å². The SMILES string of the molecule is COCCC(=O)Nc1ccc2c(c1)CN(C(=O)/C(F)=C/c1ccccc1)CC2. The van der Waals surface area contributed by atoms with E-state index in [-0.39, 0.29) is 12.3 Å². The quantitative estimate of drug-likeness (QED) is 0.778. The van der Waals surface area contributed by atoms with Gasteiger partial charge in [0.2, 0.25) is 5.91 Å². The summed E-state index contributed by atoms with van der Waals surface area (Å²) in [4.78, 5) is 25.8. The summed E-state index contributed by atoms with van der Waals surface area (Å²) in [5.74, 6) is -1.54. The van der Waals surface area contributed by atoms with Gasteiger partial charge in [0.25, 0.3) is 5.91 Å². The number of ether oxygens (including phenoxy) is 1. The van der Waals surface area contributed by atoms with Crippen molar-refractivity contribution < 1.29 is 18.7 Å². The summed E-state index contributed by atoms with van der Waals surface area (Å²) < 4.78 is 19.3. The number of anilines is 1. The number of carbonyl (C=O) groups is 2. The van der Waals surface area contributed by atoms with Crippen LogP contribution >= 0.6 is 0 Å². The molecular weight excluding hydrogens is 359 g/mol. The Balaban J connectivity index is 1.69. The minimum absolute atomic E-state index is 0.137. The number of benzene rings is 2. The highest BCUT2D eigenvalue weighted by Gasteiger charge is 2.24. The van der Waals surface area contributed by atoms with E-state index >= 15 is 0 Å². The number of halogens is 1.